The molecule has 1 fully saturated rings. The zero-order chi connectivity index (χ0) is 102. The lowest BCUT2D eigenvalue weighted by Gasteiger charge is -2.41. The van der Waals surface area contributed by atoms with Crippen molar-refractivity contribution in [3.8, 4) is 0 Å². The maximum Gasteiger partial charge on any atom is 0.407 e. The van der Waals surface area contributed by atoms with Gasteiger partial charge in [0.15, 0.2) is 0 Å². The molecule has 0 radical (unpaired) electrons. The molecule has 1 aliphatic heterocycles. The first-order valence-electron chi connectivity index (χ1n) is 46.8. The summed E-state index contributed by atoms with van der Waals surface area (Å²) >= 11 is 0. The summed E-state index contributed by atoms with van der Waals surface area (Å²) in [4.78, 5) is 215. The number of carboxylic acids is 1. The van der Waals surface area contributed by atoms with Crippen LogP contribution in [-0.2, 0) is 135 Å². The Bertz CT molecular complexity index is 3750. The lowest BCUT2D eigenvalue weighted by Crippen LogP contribution is -2.59. The van der Waals surface area contributed by atoms with Crippen LogP contribution in [0.3, 0.4) is 0 Å². The molecule has 1 saturated heterocycles. The van der Waals surface area contributed by atoms with Crippen LogP contribution in [0.2, 0.25) is 0 Å². The van der Waals surface area contributed by atoms with E-state index < -0.39 is 190 Å². The van der Waals surface area contributed by atoms with Crippen molar-refractivity contribution in [2.45, 2.75) is 202 Å². The van der Waals surface area contributed by atoms with E-state index in [2.05, 4.69) is 87.9 Å². The molecule has 1 aliphatic rings. The highest BCUT2D eigenvalue weighted by Gasteiger charge is 2.42. The van der Waals surface area contributed by atoms with Crippen molar-refractivity contribution in [2.24, 2.45) is 29.1 Å². The molecule has 790 valence electrons. The molecule has 0 aliphatic carbocycles. The van der Waals surface area contributed by atoms with Gasteiger partial charge in [0.1, 0.15) is 36.8 Å². The second kappa shape index (κ2) is 73.0. The summed E-state index contributed by atoms with van der Waals surface area (Å²) in [6.45, 7) is 22.7. The topological polar surface area (TPSA) is 579 Å². The van der Waals surface area contributed by atoms with Gasteiger partial charge in [-0.3, -0.25) is 67.3 Å². The smallest absolute Gasteiger partial charge is 0.407 e. The number of nitrogens with zero attached hydrogens (tertiary/aromatic N) is 3. The fourth-order valence-corrected chi connectivity index (χ4v) is 14.1. The van der Waals surface area contributed by atoms with E-state index in [9.17, 15) is 81.8 Å². The van der Waals surface area contributed by atoms with Gasteiger partial charge in [0.05, 0.1) is 175 Å². The molecule has 0 saturated carbocycles. The van der Waals surface area contributed by atoms with Gasteiger partial charge in [-0.2, -0.15) is 0 Å². The summed E-state index contributed by atoms with van der Waals surface area (Å²) in [6, 6.07) is 1.55. The molecule has 1 aromatic rings. The number of carboxylic acid groups (broad SMARTS) is 1. The van der Waals surface area contributed by atoms with E-state index in [1.807, 2.05) is 97.8 Å². The first-order valence-corrected chi connectivity index (χ1v) is 46.8. The van der Waals surface area contributed by atoms with Crippen molar-refractivity contribution in [3.05, 3.63) is 35.9 Å². The van der Waals surface area contributed by atoms with E-state index in [4.69, 9.17) is 61.6 Å². The number of aliphatic carboxylic acids is 1. The standard InChI is InChI=1S/C91H158N16O30.CH4/c1-18-62(6)80(106(14)86(119)78(60(2)3)104-85(118)79(61(4)5)105(12)13)70(126-16)29-35-107-34-22-26-69(107)81(127-17)63(7)82(115)103-66(52-65-24-20-19-21-25-65)83(116)92-30-23-36-135-88(122)64(8)100-73(110)53-67(87(120)121)101-72(109)28-32-94-89(123)136-58-68(84(117)93-33-37-128-40-41-130-44-45-132-48-49-134-51-50-133-47-46-131-43-42-129-39-38-125-15)102-77(114)57-99-76(113)56-98-75(112)55-97-74(111)54-96-71(108)27-31-95-90(124)137-59-91(9,10)11;/h19-21,24-25,60-64,66-70,78-81H,18,22-23,26-59H2,1-17H3,(H,92,116)(H,93,117)(H,94,123)(H,95,124)(H,96,108)(H,97,111)(H,98,112)(H,99,113)(H,100,110)(H,101,109)(H,102,114)(H,103,115)(H,104,118)(H,120,121);1H4/t62-,63+,64?,66-,67?,68?,69-,70+,78-,79-,80-,81+;/m0./s1. The summed E-state index contributed by atoms with van der Waals surface area (Å²) < 4.78 is 71.1. The van der Waals surface area contributed by atoms with Gasteiger partial charge in [0, 0.05) is 86.4 Å². The van der Waals surface area contributed by atoms with E-state index >= 15 is 0 Å². The van der Waals surface area contributed by atoms with E-state index in [-0.39, 0.29) is 140 Å². The summed E-state index contributed by atoms with van der Waals surface area (Å²) in [6.07, 6.45) is -1.44. The number of nitrogens with one attached hydrogen (secondary N) is 13. The molecule has 14 amide bonds. The number of likely N-dealkylation sites (tertiary alicyclic amines) is 1. The Hall–Kier alpha value is -10.1. The predicted molar refractivity (Wildman–Crippen MR) is 506 cm³/mol. The number of benzene rings is 1. The molecule has 0 aromatic heterocycles. The summed E-state index contributed by atoms with van der Waals surface area (Å²) in [5.74, 6) is -11.7. The molecular formula is C92H162N16O30. The molecule has 0 bridgehead atoms. The van der Waals surface area contributed by atoms with Gasteiger partial charge >= 0.3 is 24.1 Å². The fraction of sp³-hybridized carbons (Fsp3) is 0.761. The van der Waals surface area contributed by atoms with Crippen molar-refractivity contribution in [3.63, 3.8) is 0 Å². The first-order chi connectivity index (χ1) is 65.2. The number of ether oxygens (including phenoxy) is 13. The highest BCUT2D eigenvalue weighted by molar-refractivity contribution is 5.94. The summed E-state index contributed by atoms with van der Waals surface area (Å²) in [5.41, 5.74) is 0.498. The average molecular weight is 1970 g/mol. The van der Waals surface area contributed by atoms with Crippen LogP contribution < -0.4 is 69.1 Å². The molecule has 2 rings (SSSR count). The van der Waals surface area contributed by atoms with Crippen LogP contribution >= 0.6 is 0 Å². The quantitative estimate of drug-likeness (QED) is 0.0213. The van der Waals surface area contributed by atoms with E-state index in [0.717, 1.165) is 31.4 Å². The van der Waals surface area contributed by atoms with Crippen LogP contribution in [0.15, 0.2) is 30.3 Å². The number of carbonyl (C=O) groups is 16. The largest absolute Gasteiger partial charge is 0.480 e. The van der Waals surface area contributed by atoms with Crippen LogP contribution in [0.4, 0.5) is 9.59 Å². The third-order valence-electron chi connectivity index (χ3n) is 21.5. The minimum Gasteiger partial charge on any atom is -0.480 e. The number of amides is 14. The summed E-state index contributed by atoms with van der Waals surface area (Å²) in [5, 5.41) is 41.9. The Morgan fingerprint density at radius 3 is 1.48 bits per heavy atom. The molecule has 1 heterocycles. The maximum absolute atomic E-state index is 14.5. The Morgan fingerprint density at radius 1 is 0.493 bits per heavy atom. The zero-order valence-corrected chi connectivity index (χ0v) is 83.3. The number of carbonyl (C=O) groups excluding carboxylic acids is 15. The van der Waals surface area contributed by atoms with Crippen molar-refractivity contribution in [2.75, 3.05) is 227 Å². The van der Waals surface area contributed by atoms with Crippen molar-refractivity contribution in [1.82, 2.24) is 83.8 Å². The molecule has 14 N–H and O–H groups in total. The number of hydrogen-bond donors (Lipinski definition) is 14. The molecule has 46 heteroatoms. The number of rotatable bonds is 75. The van der Waals surface area contributed by atoms with Gasteiger partial charge in [-0.05, 0) is 82.0 Å². The van der Waals surface area contributed by atoms with Crippen LogP contribution in [0, 0.1) is 29.1 Å². The second-order valence-corrected chi connectivity index (χ2v) is 34.9. The molecular weight excluding hydrogens is 1810 g/mol. The van der Waals surface area contributed by atoms with Gasteiger partial charge in [-0.15, -0.1) is 0 Å². The number of methoxy groups -OCH3 is 3. The fourth-order valence-electron chi connectivity index (χ4n) is 14.1. The van der Waals surface area contributed by atoms with E-state index in [1.54, 1.807) is 40.2 Å². The van der Waals surface area contributed by atoms with Gasteiger partial charge in [-0.25, -0.2) is 19.2 Å². The zero-order valence-electron chi connectivity index (χ0n) is 83.3. The number of hydrogen-bond acceptors (Lipinski definition) is 31. The van der Waals surface area contributed by atoms with Crippen molar-refractivity contribution >= 4 is 95.0 Å². The van der Waals surface area contributed by atoms with E-state index in [0.29, 0.717) is 79.0 Å². The first kappa shape index (κ1) is 126. The van der Waals surface area contributed by atoms with Crippen molar-refractivity contribution < 1.29 is 143 Å². The SMILES string of the molecule is C.CC[C@H](C)[C@@H]([C@@H](CCN1CCC[C@H]1[C@H](OC)[C@@H](C)C(=O)N[C@@H](Cc1ccccc1)C(=O)NCCCOC(=O)C(C)NC(=O)CC(NC(=O)CCNC(=O)OCC(NC(=O)CNC(=O)CNC(=O)CNC(=O)CNC(=O)CCNC(=O)OCC(C)(C)C)C(=O)NCCOCCOCCOCCOCCOCCOCCOCCOC)C(=O)O)OC)N(C)C(=O)[C@@H](NC(=O)[C@H](C(C)C)N(C)C)C(C)C. The van der Waals surface area contributed by atoms with E-state index in [1.165, 1.54) is 6.92 Å². The van der Waals surface area contributed by atoms with Gasteiger partial charge < -0.3 is 141 Å². The summed E-state index contributed by atoms with van der Waals surface area (Å²) in [7, 11) is 10.3. The number of esters is 1. The van der Waals surface area contributed by atoms with Crippen LogP contribution in [0.5, 0.6) is 0 Å². The normalized spacial score (nSPS) is 14.9. The maximum atomic E-state index is 14.5. The Balaban J connectivity index is 0.0000952. The Labute approximate surface area is 812 Å². The Kier molecular flexibility index (Phi) is 66.6. The highest BCUT2D eigenvalue weighted by Crippen LogP contribution is 2.30. The van der Waals surface area contributed by atoms with Crippen LogP contribution in [-0.4, -0.2) is 402 Å². The minimum absolute atomic E-state index is 0. The lowest BCUT2D eigenvalue weighted by atomic mass is 9.89. The highest BCUT2D eigenvalue weighted by atomic mass is 16.6. The van der Waals surface area contributed by atoms with Gasteiger partial charge in [0.2, 0.25) is 70.9 Å². The molecule has 0 spiro atoms. The average Bonchev–Trinajstić information content (AvgIpc) is 1.02. The molecule has 1 aromatic carbocycles. The molecule has 12 atom stereocenters. The predicted octanol–water partition coefficient (Wildman–Crippen LogP) is -0.908. The Morgan fingerprint density at radius 2 is 0.986 bits per heavy atom. The lowest BCUT2D eigenvalue weighted by molar-refractivity contribution is -0.148. The monoisotopic (exact) mass is 1970 g/mol. The van der Waals surface area contributed by atoms with Gasteiger partial charge in [0.25, 0.3) is 0 Å². The van der Waals surface area contributed by atoms with Gasteiger partial charge in [-0.1, -0.05) is 113 Å². The molecule has 138 heavy (non-hydrogen) atoms. The third kappa shape index (κ3) is 55.6. The second-order valence-electron chi connectivity index (χ2n) is 34.9. The molecule has 3 unspecified atom stereocenters. The minimum atomic E-state index is -1.83. The van der Waals surface area contributed by atoms with Crippen LogP contribution in [0.1, 0.15) is 141 Å². The van der Waals surface area contributed by atoms with Crippen LogP contribution in [0.25, 0.3) is 0 Å². The third-order valence-corrected chi connectivity index (χ3v) is 21.5. The van der Waals surface area contributed by atoms with Crippen molar-refractivity contribution in [1.29, 1.82) is 0 Å². The number of likely N-dealkylation sites (N-methyl/N-ethyl adjacent to an activating group) is 2. The molecule has 46 nitrogen and oxygen atoms in total. The number of alkyl carbamates (subject to hydrolysis) is 2.